The summed E-state index contributed by atoms with van der Waals surface area (Å²) in [5, 5.41) is 0. The van der Waals surface area contributed by atoms with E-state index in [1.807, 2.05) is 0 Å². The Morgan fingerprint density at radius 3 is 2.88 bits per heavy atom. The molecule has 1 aromatic carbocycles. The van der Waals surface area contributed by atoms with E-state index in [1.54, 1.807) is 0 Å². The van der Waals surface area contributed by atoms with Crippen molar-refractivity contribution in [3.05, 3.63) is 53.7 Å². The second-order valence-electron chi connectivity index (χ2n) is 4.46. The van der Waals surface area contributed by atoms with E-state index in [4.69, 9.17) is 0 Å². The number of aryl methyl sites for hydroxylation is 1. The summed E-state index contributed by atoms with van der Waals surface area (Å²) < 4.78 is 2.37. The van der Waals surface area contributed by atoms with Crippen LogP contribution in [0, 0.1) is 0 Å². The standard InChI is InChI=1S/C15H16N/c1-2-5-12-8-9-15-14-7-4-3-6-13(14)11-16(15)10-12/h3-4,6-10H,2,5,11H2,1H3/q+1. The third-order valence-electron chi connectivity index (χ3n) is 3.26. The van der Waals surface area contributed by atoms with Crippen molar-refractivity contribution in [3.8, 4) is 11.3 Å². The Bertz CT molecular complexity index is 529. The fourth-order valence-electron chi connectivity index (χ4n) is 2.50. The van der Waals surface area contributed by atoms with Gasteiger partial charge < -0.3 is 0 Å². The lowest BCUT2D eigenvalue weighted by molar-refractivity contribution is -0.672. The van der Waals surface area contributed by atoms with Crippen LogP contribution in [0.3, 0.4) is 0 Å². The molecule has 2 aromatic rings. The first kappa shape index (κ1) is 9.59. The monoisotopic (exact) mass is 210 g/mol. The van der Waals surface area contributed by atoms with Crippen molar-refractivity contribution in [2.75, 3.05) is 0 Å². The highest BCUT2D eigenvalue weighted by Gasteiger charge is 2.24. The van der Waals surface area contributed by atoms with E-state index in [1.165, 1.54) is 35.2 Å². The molecule has 0 N–H and O–H groups in total. The average molecular weight is 210 g/mol. The Hall–Kier alpha value is -1.63. The molecule has 0 unspecified atom stereocenters. The summed E-state index contributed by atoms with van der Waals surface area (Å²) in [5.74, 6) is 0. The van der Waals surface area contributed by atoms with E-state index >= 15 is 0 Å². The van der Waals surface area contributed by atoms with Gasteiger partial charge in [-0.05, 0) is 18.6 Å². The smallest absolute Gasteiger partial charge is 0.194 e. The molecule has 0 spiro atoms. The molecule has 1 nitrogen and oxygen atoms in total. The van der Waals surface area contributed by atoms with Crippen molar-refractivity contribution in [1.29, 1.82) is 0 Å². The van der Waals surface area contributed by atoms with E-state index in [0.29, 0.717) is 0 Å². The first-order valence-electron chi connectivity index (χ1n) is 5.99. The summed E-state index contributed by atoms with van der Waals surface area (Å²) in [4.78, 5) is 0. The summed E-state index contributed by atoms with van der Waals surface area (Å²) in [5.41, 5.74) is 5.64. The molecule has 2 heterocycles. The normalized spacial score (nSPS) is 12.3. The van der Waals surface area contributed by atoms with E-state index in [9.17, 15) is 0 Å². The summed E-state index contributed by atoms with van der Waals surface area (Å²) in [6.45, 7) is 3.26. The first-order valence-corrected chi connectivity index (χ1v) is 5.99. The van der Waals surface area contributed by atoms with E-state index in [-0.39, 0.29) is 0 Å². The van der Waals surface area contributed by atoms with Crippen LogP contribution in [0.2, 0.25) is 0 Å². The van der Waals surface area contributed by atoms with Crippen molar-refractivity contribution in [3.63, 3.8) is 0 Å². The molecule has 0 saturated heterocycles. The maximum absolute atomic E-state index is 2.37. The Morgan fingerprint density at radius 1 is 1.12 bits per heavy atom. The summed E-state index contributed by atoms with van der Waals surface area (Å²) >= 11 is 0. The predicted octanol–water partition coefficient (Wildman–Crippen LogP) is 2.96. The van der Waals surface area contributed by atoms with Crippen molar-refractivity contribution in [1.82, 2.24) is 0 Å². The van der Waals surface area contributed by atoms with Crippen LogP contribution in [0.4, 0.5) is 0 Å². The van der Waals surface area contributed by atoms with Gasteiger partial charge in [0.25, 0.3) is 0 Å². The van der Waals surface area contributed by atoms with Crippen molar-refractivity contribution in [2.45, 2.75) is 26.3 Å². The van der Waals surface area contributed by atoms with Gasteiger partial charge in [0, 0.05) is 17.2 Å². The number of rotatable bonds is 2. The third kappa shape index (κ3) is 1.44. The zero-order valence-electron chi connectivity index (χ0n) is 9.61. The van der Waals surface area contributed by atoms with Gasteiger partial charge in [0.15, 0.2) is 12.7 Å². The number of nitrogens with zero attached hydrogens (tertiary/aromatic N) is 1. The van der Waals surface area contributed by atoms with Gasteiger partial charge in [-0.1, -0.05) is 31.5 Å². The second kappa shape index (κ2) is 3.75. The quantitative estimate of drug-likeness (QED) is 0.573. The minimum Gasteiger partial charge on any atom is -0.194 e. The lowest BCUT2D eigenvalue weighted by Gasteiger charge is -1.98. The van der Waals surface area contributed by atoms with Crippen LogP contribution in [-0.4, -0.2) is 0 Å². The molecule has 0 fully saturated rings. The summed E-state index contributed by atoms with van der Waals surface area (Å²) in [7, 11) is 0. The fourth-order valence-corrected chi connectivity index (χ4v) is 2.50. The summed E-state index contributed by atoms with van der Waals surface area (Å²) in [6, 6.07) is 13.2. The minimum absolute atomic E-state index is 1.03. The van der Waals surface area contributed by atoms with Crippen LogP contribution < -0.4 is 4.57 Å². The van der Waals surface area contributed by atoms with Gasteiger partial charge in [-0.2, -0.15) is 4.57 Å². The Balaban J connectivity index is 2.07. The van der Waals surface area contributed by atoms with E-state index < -0.39 is 0 Å². The average Bonchev–Trinajstić information content (AvgIpc) is 2.67. The van der Waals surface area contributed by atoms with Crippen molar-refractivity contribution in [2.24, 2.45) is 0 Å². The van der Waals surface area contributed by atoms with Gasteiger partial charge in [-0.15, -0.1) is 0 Å². The van der Waals surface area contributed by atoms with Crippen LogP contribution in [-0.2, 0) is 13.0 Å². The van der Waals surface area contributed by atoms with Gasteiger partial charge in [-0.3, -0.25) is 0 Å². The van der Waals surface area contributed by atoms with Gasteiger partial charge in [0.2, 0.25) is 5.69 Å². The first-order chi connectivity index (χ1) is 7.88. The molecule has 0 amide bonds. The SMILES string of the molecule is CCCc1ccc2[n+](c1)Cc1ccccc1-2. The van der Waals surface area contributed by atoms with E-state index in [2.05, 4.69) is 54.1 Å². The highest BCUT2D eigenvalue weighted by molar-refractivity contribution is 5.63. The fraction of sp³-hybridized carbons (Fsp3) is 0.267. The zero-order chi connectivity index (χ0) is 11.0. The van der Waals surface area contributed by atoms with Crippen LogP contribution in [0.1, 0.15) is 24.5 Å². The molecule has 1 aliphatic rings. The number of fused-ring (bicyclic) bond motifs is 3. The molecule has 80 valence electrons. The maximum Gasteiger partial charge on any atom is 0.213 e. The summed E-state index contributed by atoms with van der Waals surface area (Å²) in [6.07, 6.45) is 4.70. The largest absolute Gasteiger partial charge is 0.213 e. The number of aromatic nitrogens is 1. The van der Waals surface area contributed by atoms with Crippen LogP contribution in [0.25, 0.3) is 11.3 Å². The van der Waals surface area contributed by atoms with Gasteiger partial charge in [-0.25, -0.2) is 0 Å². The lowest BCUT2D eigenvalue weighted by atomic mass is 10.1. The van der Waals surface area contributed by atoms with Gasteiger partial charge in [0.1, 0.15) is 0 Å². The lowest BCUT2D eigenvalue weighted by Crippen LogP contribution is -2.32. The van der Waals surface area contributed by atoms with Crippen LogP contribution in [0.15, 0.2) is 42.6 Å². The molecular weight excluding hydrogens is 194 g/mol. The minimum atomic E-state index is 1.03. The van der Waals surface area contributed by atoms with Crippen molar-refractivity contribution >= 4 is 0 Å². The maximum atomic E-state index is 2.37. The molecule has 3 rings (SSSR count). The number of hydrogen-bond acceptors (Lipinski definition) is 0. The Morgan fingerprint density at radius 2 is 2.00 bits per heavy atom. The van der Waals surface area contributed by atoms with Crippen LogP contribution in [0.5, 0.6) is 0 Å². The number of pyridine rings is 1. The highest BCUT2D eigenvalue weighted by Crippen LogP contribution is 2.26. The molecular formula is C15H16N+. The third-order valence-corrected chi connectivity index (χ3v) is 3.26. The van der Waals surface area contributed by atoms with Gasteiger partial charge >= 0.3 is 0 Å². The topological polar surface area (TPSA) is 3.88 Å². The molecule has 0 aliphatic carbocycles. The Kier molecular flexibility index (Phi) is 2.24. The second-order valence-corrected chi connectivity index (χ2v) is 4.46. The molecule has 16 heavy (non-hydrogen) atoms. The molecule has 0 radical (unpaired) electrons. The van der Waals surface area contributed by atoms with Gasteiger partial charge in [0.05, 0.1) is 5.56 Å². The van der Waals surface area contributed by atoms with E-state index in [0.717, 1.165) is 6.54 Å². The molecule has 0 atom stereocenters. The number of hydrogen-bond donors (Lipinski definition) is 0. The molecule has 1 aromatic heterocycles. The zero-order valence-corrected chi connectivity index (χ0v) is 9.61. The Labute approximate surface area is 96.4 Å². The van der Waals surface area contributed by atoms with Crippen molar-refractivity contribution < 1.29 is 4.57 Å². The molecule has 1 heteroatoms. The van der Waals surface area contributed by atoms with Crippen LogP contribution >= 0.6 is 0 Å². The number of benzene rings is 1. The highest BCUT2D eigenvalue weighted by atomic mass is 15.0. The predicted molar refractivity (Wildman–Crippen MR) is 65.2 cm³/mol. The molecule has 1 aliphatic heterocycles. The molecule has 0 bridgehead atoms. The molecule has 0 saturated carbocycles.